The molecule has 0 bridgehead atoms. The summed E-state index contributed by atoms with van der Waals surface area (Å²) >= 11 is 1.70. The Balaban J connectivity index is 1.51. The van der Waals surface area contributed by atoms with Crippen LogP contribution in [0.25, 0.3) is 10.9 Å². The van der Waals surface area contributed by atoms with E-state index in [1.165, 1.54) is 10.9 Å². The molecule has 1 aliphatic rings. The molecule has 0 aliphatic carbocycles. The highest BCUT2D eigenvalue weighted by Crippen LogP contribution is 2.20. The fraction of sp³-hybridized carbons (Fsp3) is 0.409. The zero-order chi connectivity index (χ0) is 19.5. The lowest BCUT2D eigenvalue weighted by Gasteiger charge is -2.24. The maximum absolute atomic E-state index is 12.1. The molecule has 1 aliphatic heterocycles. The van der Waals surface area contributed by atoms with E-state index in [0.29, 0.717) is 5.92 Å². The van der Waals surface area contributed by atoms with Crippen LogP contribution in [-0.2, 0) is 17.8 Å². The van der Waals surface area contributed by atoms with Crippen LogP contribution in [0, 0.1) is 12.8 Å². The smallest absolute Gasteiger partial charge is 0.219 e. The molecule has 1 saturated heterocycles. The van der Waals surface area contributed by atoms with E-state index in [0.717, 1.165) is 55.4 Å². The molecule has 3 heterocycles. The predicted molar refractivity (Wildman–Crippen MR) is 113 cm³/mol. The van der Waals surface area contributed by atoms with Crippen molar-refractivity contribution in [2.24, 2.45) is 5.92 Å². The van der Waals surface area contributed by atoms with Crippen LogP contribution >= 0.6 is 11.3 Å². The summed E-state index contributed by atoms with van der Waals surface area (Å²) in [5, 5.41) is 4.42. The Morgan fingerprint density at radius 2 is 2.11 bits per heavy atom. The van der Waals surface area contributed by atoms with Gasteiger partial charge in [-0.25, -0.2) is 4.98 Å². The molecular formula is C22H26N4OS. The van der Waals surface area contributed by atoms with Gasteiger partial charge in [0.25, 0.3) is 0 Å². The summed E-state index contributed by atoms with van der Waals surface area (Å²) in [7, 11) is 0. The molecule has 5 nitrogen and oxygen atoms in total. The zero-order valence-corrected chi connectivity index (χ0v) is 17.3. The van der Waals surface area contributed by atoms with Crippen LogP contribution in [0.3, 0.4) is 0 Å². The van der Waals surface area contributed by atoms with Crippen molar-refractivity contribution in [2.75, 3.05) is 26.2 Å². The lowest BCUT2D eigenvalue weighted by atomic mass is 9.98. The fourth-order valence-corrected chi connectivity index (χ4v) is 4.61. The first-order chi connectivity index (χ1) is 13.6. The predicted octanol–water partition coefficient (Wildman–Crippen LogP) is 3.52. The molecule has 2 aromatic heterocycles. The number of hydrogen-bond donors (Lipinski definition) is 0. The Hall–Kier alpha value is -2.31. The number of thiazole rings is 1. The summed E-state index contributed by atoms with van der Waals surface area (Å²) in [5.74, 6) is 0.544. The number of pyridine rings is 1. The Kier molecular flexibility index (Phi) is 5.69. The zero-order valence-electron chi connectivity index (χ0n) is 16.5. The first kappa shape index (κ1) is 19.0. The van der Waals surface area contributed by atoms with Crippen LogP contribution in [0.1, 0.15) is 23.2 Å². The van der Waals surface area contributed by atoms with Crippen LogP contribution in [0.5, 0.6) is 0 Å². The Labute approximate surface area is 170 Å². The summed E-state index contributed by atoms with van der Waals surface area (Å²) in [6, 6.07) is 10.5. The van der Waals surface area contributed by atoms with Crippen molar-refractivity contribution in [2.45, 2.75) is 26.8 Å². The van der Waals surface area contributed by atoms with E-state index in [4.69, 9.17) is 0 Å². The number of nitrogens with zero attached hydrogens (tertiary/aromatic N) is 4. The minimum absolute atomic E-state index is 0.160. The van der Waals surface area contributed by atoms with Crippen molar-refractivity contribution in [1.82, 2.24) is 19.8 Å². The third-order valence-electron chi connectivity index (χ3n) is 5.35. The lowest BCUT2D eigenvalue weighted by molar-refractivity contribution is -0.129. The second-order valence-corrected chi connectivity index (χ2v) is 8.73. The summed E-state index contributed by atoms with van der Waals surface area (Å²) in [5.41, 5.74) is 3.39. The summed E-state index contributed by atoms with van der Waals surface area (Å²) < 4.78 is 0. The average Bonchev–Trinajstić information content (AvgIpc) is 2.97. The molecule has 1 unspecified atom stereocenters. The molecule has 146 valence electrons. The Morgan fingerprint density at radius 1 is 1.25 bits per heavy atom. The van der Waals surface area contributed by atoms with Gasteiger partial charge in [0.05, 0.1) is 16.2 Å². The third-order valence-corrected chi connectivity index (χ3v) is 6.17. The van der Waals surface area contributed by atoms with Crippen molar-refractivity contribution in [3.63, 3.8) is 0 Å². The molecule has 1 amide bonds. The molecule has 1 fully saturated rings. The van der Waals surface area contributed by atoms with Gasteiger partial charge in [-0.1, -0.05) is 18.2 Å². The van der Waals surface area contributed by atoms with Gasteiger partial charge >= 0.3 is 0 Å². The Morgan fingerprint density at radius 3 is 2.89 bits per heavy atom. The largest absolute Gasteiger partial charge is 0.341 e. The maximum Gasteiger partial charge on any atom is 0.219 e. The lowest BCUT2D eigenvalue weighted by Crippen LogP contribution is -2.34. The summed E-state index contributed by atoms with van der Waals surface area (Å²) in [6.45, 7) is 8.01. The number of para-hydroxylation sites is 1. The van der Waals surface area contributed by atoms with Crippen molar-refractivity contribution >= 4 is 28.1 Å². The van der Waals surface area contributed by atoms with Gasteiger partial charge in [-0.05, 0) is 37.0 Å². The highest BCUT2D eigenvalue weighted by atomic mass is 32.1. The standard InChI is InChI=1S/C22H26N4OS/c1-16-24-21(15-28-16)14-25-7-8-26(17(2)27)13-19(12-25)9-18-10-20-5-3-4-6-22(20)23-11-18/h3-6,10-11,15,19H,7-9,12-14H2,1-2H3. The number of hydrogen-bond acceptors (Lipinski definition) is 5. The van der Waals surface area contributed by atoms with E-state index in [1.807, 2.05) is 30.2 Å². The summed E-state index contributed by atoms with van der Waals surface area (Å²) in [4.78, 5) is 25.7. The number of rotatable bonds is 4. The highest BCUT2D eigenvalue weighted by Gasteiger charge is 2.25. The van der Waals surface area contributed by atoms with Gasteiger partial charge in [0, 0.05) is 56.6 Å². The topological polar surface area (TPSA) is 49.3 Å². The second-order valence-electron chi connectivity index (χ2n) is 7.66. The van der Waals surface area contributed by atoms with Crippen LogP contribution in [0.15, 0.2) is 41.9 Å². The molecular weight excluding hydrogens is 368 g/mol. The maximum atomic E-state index is 12.1. The number of fused-ring (bicyclic) bond motifs is 1. The minimum atomic E-state index is 0.160. The minimum Gasteiger partial charge on any atom is -0.341 e. The SMILES string of the molecule is CC(=O)N1CCN(Cc2csc(C)n2)CC(Cc2cnc3ccccc3c2)C1. The van der Waals surface area contributed by atoms with E-state index >= 15 is 0 Å². The number of aromatic nitrogens is 2. The second kappa shape index (κ2) is 8.37. The van der Waals surface area contributed by atoms with Crippen LogP contribution in [0.4, 0.5) is 0 Å². The van der Waals surface area contributed by atoms with Crippen LogP contribution in [-0.4, -0.2) is 51.9 Å². The number of carbonyl (C=O) groups excluding carboxylic acids is 1. The van der Waals surface area contributed by atoms with Gasteiger partial charge in [0.1, 0.15) is 0 Å². The molecule has 0 spiro atoms. The molecule has 0 saturated carbocycles. The first-order valence-electron chi connectivity index (χ1n) is 9.79. The number of aryl methyl sites for hydroxylation is 1. The molecule has 6 heteroatoms. The molecule has 0 N–H and O–H groups in total. The third kappa shape index (κ3) is 4.56. The molecule has 1 aromatic carbocycles. The van der Waals surface area contributed by atoms with E-state index in [2.05, 4.69) is 38.4 Å². The normalized spacial score (nSPS) is 18.4. The van der Waals surface area contributed by atoms with Gasteiger partial charge in [-0.2, -0.15) is 0 Å². The van der Waals surface area contributed by atoms with Gasteiger partial charge in [0.2, 0.25) is 5.91 Å². The van der Waals surface area contributed by atoms with Crippen molar-refractivity contribution in [1.29, 1.82) is 0 Å². The van der Waals surface area contributed by atoms with Gasteiger partial charge in [-0.15, -0.1) is 11.3 Å². The first-order valence-corrected chi connectivity index (χ1v) is 10.7. The highest BCUT2D eigenvalue weighted by molar-refractivity contribution is 7.09. The van der Waals surface area contributed by atoms with E-state index in [1.54, 1.807) is 18.3 Å². The van der Waals surface area contributed by atoms with Gasteiger partial charge < -0.3 is 4.90 Å². The average molecular weight is 395 g/mol. The van der Waals surface area contributed by atoms with Crippen molar-refractivity contribution < 1.29 is 4.79 Å². The quantitative estimate of drug-likeness (QED) is 0.679. The summed E-state index contributed by atoms with van der Waals surface area (Å²) in [6.07, 6.45) is 2.91. The molecule has 1 atom stereocenters. The van der Waals surface area contributed by atoms with Gasteiger partial charge in [0.15, 0.2) is 0 Å². The molecule has 28 heavy (non-hydrogen) atoms. The molecule has 4 rings (SSSR count). The molecule has 3 aromatic rings. The Bertz CT molecular complexity index is 970. The van der Waals surface area contributed by atoms with Crippen LogP contribution in [0.2, 0.25) is 0 Å². The fourth-order valence-electron chi connectivity index (χ4n) is 4.01. The van der Waals surface area contributed by atoms with Crippen LogP contribution < -0.4 is 0 Å². The number of carbonyl (C=O) groups is 1. The monoisotopic (exact) mass is 394 g/mol. The van der Waals surface area contributed by atoms with Crippen molar-refractivity contribution in [3.05, 3.63) is 58.2 Å². The van der Waals surface area contributed by atoms with Gasteiger partial charge in [-0.3, -0.25) is 14.7 Å². The molecule has 0 radical (unpaired) electrons. The number of benzene rings is 1. The van der Waals surface area contributed by atoms with Crippen molar-refractivity contribution in [3.8, 4) is 0 Å². The van der Waals surface area contributed by atoms with E-state index in [-0.39, 0.29) is 5.91 Å². The van der Waals surface area contributed by atoms with E-state index in [9.17, 15) is 4.79 Å². The van der Waals surface area contributed by atoms with E-state index < -0.39 is 0 Å². The number of amides is 1.